The molecule has 3 nitrogen and oxygen atoms in total. The van der Waals surface area contributed by atoms with Gasteiger partial charge in [0.25, 0.3) is 0 Å². The van der Waals surface area contributed by atoms with Crippen LogP contribution in [0.15, 0.2) is 0 Å². The Morgan fingerprint density at radius 3 is 2.41 bits per heavy atom. The van der Waals surface area contributed by atoms with Crippen LogP contribution in [-0.2, 0) is 14.6 Å². The molecular formula is C13H22O3S. The van der Waals surface area contributed by atoms with E-state index in [1.807, 2.05) is 6.92 Å². The van der Waals surface area contributed by atoms with Crippen LogP contribution < -0.4 is 0 Å². The minimum atomic E-state index is -2.90. The molecule has 0 aromatic rings. The number of Topliss-reactive ketones (excluding diaryl/α,β-unsaturated/α-hetero) is 1. The van der Waals surface area contributed by atoms with Gasteiger partial charge in [0.2, 0.25) is 0 Å². The predicted octanol–water partition coefficient (Wildman–Crippen LogP) is 2.21. The van der Waals surface area contributed by atoms with Gasteiger partial charge in [-0.1, -0.05) is 19.8 Å². The summed E-state index contributed by atoms with van der Waals surface area (Å²) in [5.41, 5.74) is 0. The van der Waals surface area contributed by atoms with E-state index < -0.39 is 9.84 Å². The number of rotatable bonds is 2. The molecule has 98 valence electrons. The summed E-state index contributed by atoms with van der Waals surface area (Å²) in [6, 6.07) is 0. The molecule has 0 amide bonds. The van der Waals surface area contributed by atoms with Crippen molar-refractivity contribution in [2.45, 2.75) is 50.7 Å². The van der Waals surface area contributed by atoms with Crippen molar-refractivity contribution >= 4 is 15.6 Å². The summed E-state index contributed by atoms with van der Waals surface area (Å²) in [5, 5.41) is -0.163. The molecule has 2 fully saturated rings. The molecule has 4 atom stereocenters. The molecule has 0 radical (unpaired) electrons. The number of carbonyl (C=O) groups excluding carboxylic acids is 1. The van der Waals surface area contributed by atoms with Gasteiger partial charge in [0.1, 0.15) is 15.6 Å². The molecule has 0 aromatic carbocycles. The van der Waals surface area contributed by atoms with Crippen molar-refractivity contribution in [3.05, 3.63) is 0 Å². The molecule has 0 bridgehead atoms. The zero-order valence-electron chi connectivity index (χ0n) is 10.7. The second-order valence-electron chi connectivity index (χ2n) is 5.84. The highest BCUT2D eigenvalue weighted by Gasteiger charge is 2.40. The lowest BCUT2D eigenvalue weighted by molar-refractivity contribution is -0.121. The second-order valence-corrected chi connectivity index (χ2v) is 8.16. The molecule has 0 aliphatic heterocycles. The molecule has 4 unspecified atom stereocenters. The SMILES string of the molecule is CC1C(=O)CCC1C1CCCC(S(C)(=O)=O)C1. The van der Waals surface area contributed by atoms with Crippen LogP contribution in [0.25, 0.3) is 0 Å². The number of hydrogen-bond donors (Lipinski definition) is 0. The lowest BCUT2D eigenvalue weighted by Crippen LogP contribution is -2.32. The zero-order valence-corrected chi connectivity index (χ0v) is 11.5. The van der Waals surface area contributed by atoms with E-state index in [2.05, 4.69) is 0 Å². The molecule has 2 aliphatic rings. The van der Waals surface area contributed by atoms with Gasteiger partial charge >= 0.3 is 0 Å². The van der Waals surface area contributed by atoms with Gasteiger partial charge in [-0.15, -0.1) is 0 Å². The topological polar surface area (TPSA) is 51.2 Å². The maximum atomic E-state index is 11.6. The van der Waals surface area contributed by atoms with Crippen molar-refractivity contribution in [1.29, 1.82) is 0 Å². The highest BCUT2D eigenvalue weighted by molar-refractivity contribution is 7.91. The Hall–Kier alpha value is -0.380. The molecule has 0 heterocycles. The highest BCUT2D eigenvalue weighted by Crippen LogP contribution is 2.42. The van der Waals surface area contributed by atoms with E-state index in [0.717, 1.165) is 32.1 Å². The minimum Gasteiger partial charge on any atom is -0.299 e. The molecule has 4 heteroatoms. The molecule has 2 saturated carbocycles. The first-order chi connectivity index (χ1) is 7.89. The monoisotopic (exact) mass is 258 g/mol. The number of ketones is 1. The fourth-order valence-electron chi connectivity index (χ4n) is 3.63. The molecule has 0 aromatic heterocycles. The van der Waals surface area contributed by atoms with Crippen LogP contribution >= 0.6 is 0 Å². The van der Waals surface area contributed by atoms with E-state index in [1.165, 1.54) is 6.26 Å². The summed E-state index contributed by atoms with van der Waals surface area (Å²) in [6.45, 7) is 2.02. The normalized spacial score (nSPS) is 39.5. The first-order valence-electron chi connectivity index (χ1n) is 6.61. The van der Waals surface area contributed by atoms with Crippen LogP contribution in [-0.4, -0.2) is 25.7 Å². The predicted molar refractivity (Wildman–Crippen MR) is 67.5 cm³/mol. The van der Waals surface area contributed by atoms with Crippen LogP contribution in [0.4, 0.5) is 0 Å². The zero-order chi connectivity index (χ0) is 12.6. The van der Waals surface area contributed by atoms with E-state index in [-0.39, 0.29) is 11.2 Å². The van der Waals surface area contributed by atoms with Gasteiger partial charge < -0.3 is 0 Å². The maximum Gasteiger partial charge on any atom is 0.150 e. The molecule has 0 N–H and O–H groups in total. The van der Waals surface area contributed by atoms with Gasteiger partial charge in [-0.2, -0.15) is 0 Å². The van der Waals surface area contributed by atoms with Crippen molar-refractivity contribution in [2.75, 3.05) is 6.26 Å². The van der Waals surface area contributed by atoms with Crippen molar-refractivity contribution in [1.82, 2.24) is 0 Å². The summed E-state index contributed by atoms with van der Waals surface area (Å²) in [7, 11) is -2.90. The largest absolute Gasteiger partial charge is 0.299 e. The van der Waals surface area contributed by atoms with Crippen LogP contribution in [0.5, 0.6) is 0 Å². The highest BCUT2D eigenvalue weighted by atomic mass is 32.2. The fourth-order valence-corrected chi connectivity index (χ4v) is 4.82. The Labute approximate surface area is 104 Å². The average Bonchev–Trinajstić information content (AvgIpc) is 2.59. The standard InChI is InChI=1S/C13H22O3S/c1-9-12(6-7-13(9)14)10-4-3-5-11(8-10)17(2,15)16/h9-12H,3-8H2,1-2H3. The molecule has 0 spiro atoms. The molecule has 2 rings (SSSR count). The second kappa shape index (κ2) is 4.71. The molecular weight excluding hydrogens is 236 g/mol. The van der Waals surface area contributed by atoms with Crippen molar-refractivity contribution in [2.24, 2.45) is 17.8 Å². The lowest BCUT2D eigenvalue weighted by atomic mass is 9.76. The Morgan fingerprint density at radius 2 is 1.88 bits per heavy atom. The Kier molecular flexibility index (Phi) is 3.62. The first kappa shape index (κ1) is 13.1. The number of carbonyl (C=O) groups is 1. The summed E-state index contributed by atoms with van der Waals surface area (Å²) in [6.07, 6.45) is 6.72. The van der Waals surface area contributed by atoms with Crippen LogP contribution in [0.1, 0.15) is 45.4 Å². The number of hydrogen-bond acceptors (Lipinski definition) is 3. The van der Waals surface area contributed by atoms with Crippen LogP contribution in [0.2, 0.25) is 0 Å². The number of sulfone groups is 1. The Balaban J connectivity index is 2.05. The molecule has 17 heavy (non-hydrogen) atoms. The first-order valence-corrected chi connectivity index (χ1v) is 8.56. The lowest BCUT2D eigenvalue weighted by Gasteiger charge is -2.33. The summed E-state index contributed by atoms with van der Waals surface area (Å²) in [4.78, 5) is 11.6. The van der Waals surface area contributed by atoms with Gasteiger partial charge in [0, 0.05) is 18.6 Å². The smallest absolute Gasteiger partial charge is 0.150 e. The van der Waals surface area contributed by atoms with E-state index in [0.29, 0.717) is 24.0 Å². The summed E-state index contributed by atoms with van der Waals surface area (Å²) < 4.78 is 23.3. The van der Waals surface area contributed by atoms with Crippen LogP contribution in [0.3, 0.4) is 0 Å². The van der Waals surface area contributed by atoms with Crippen molar-refractivity contribution < 1.29 is 13.2 Å². The van der Waals surface area contributed by atoms with E-state index in [1.54, 1.807) is 0 Å². The Morgan fingerprint density at radius 1 is 1.18 bits per heavy atom. The third-order valence-corrected chi connectivity index (χ3v) is 6.39. The van der Waals surface area contributed by atoms with Gasteiger partial charge in [0.05, 0.1) is 5.25 Å². The van der Waals surface area contributed by atoms with Gasteiger partial charge in [-0.05, 0) is 31.1 Å². The van der Waals surface area contributed by atoms with Crippen LogP contribution in [0, 0.1) is 17.8 Å². The van der Waals surface area contributed by atoms with Crippen molar-refractivity contribution in [3.63, 3.8) is 0 Å². The Bertz CT molecular complexity index is 399. The fraction of sp³-hybridized carbons (Fsp3) is 0.923. The quantitative estimate of drug-likeness (QED) is 0.763. The molecule has 0 saturated heterocycles. The minimum absolute atomic E-state index is 0.151. The van der Waals surface area contributed by atoms with Crippen molar-refractivity contribution in [3.8, 4) is 0 Å². The summed E-state index contributed by atoms with van der Waals surface area (Å²) in [5.74, 6) is 1.41. The van der Waals surface area contributed by atoms with Gasteiger partial charge in [-0.25, -0.2) is 8.42 Å². The third kappa shape index (κ3) is 2.72. The summed E-state index contributed by atoms with van der Waals surface area (Å²) >= 11 is 0. The van der Waals surface area contributed by atoms with E-state index >= 15 is 0 Å². The van der Waals surface area contributed by atoms with E-state index in [9.17, 15) is 13.2 Å². The maximum absolute atomic E-state index is 11.6. The van der Waals surface area contributed by atoms with Gasteiger partial charge in [0.15, 0.2) is 0 Å². The molecule has 2 aliphatic carbocycles. The van der Waals surface area contributed by atoms with E-state index in [4.69, 9.17) is 0 Å². The average molecular weight is 258 g/mol. The van der Waals surface area contributed by atoms with Gasteiger partial charge in [-0.3, -0.25) is 4.79 Å². The third-order valence-electron chi connectivity index (χ3n) is 4.75.